The molecule has 0 radical (unpaired) electrons. The summed E-state index contributed by atoms with van der Waals surface area (Å²) in [6, 6.07) is 0. The molecule has 4 fully saturated rings. The van der Waals surface area contributed by atoms with Crippen LogP contribution in [0.4, 0.5) is 0 Å². The van der Waals surface area contributed by atoms with E-state index in [1.54, 1.807) is 0 Å². The highest BCUT2D eigenvalue weighted by Crippen LogP contribution is 2.60. The van der Waals surface area contributed by atoms with E-state index in [0.29, 0.717) is 12.5 Å². The predicted molar refractivity (Wildman–Crippen MR) is 75.5 cm³/mol. The summed E-state index contributed by atoms with van der Waals surface area (Å²) in [5.74, 6) is 0.105. The quantitative estimate of drug-likeness (QED) is 0.343. The molecule has 0 unspecified atom stereocenters. The molecule has 24 heavy (non-hydrogen) atoms. The van der Waals surface area contributed by atoms with Crippen molar-refractivity contribution in [1.82, 2.24) is 0 Å². The van der Waals surface area contributed by atoms with Crippen LogP contribution in [0.5, 0.6) is 0 Å². The lowest BCUT2D eigenvalue weighted by molar-refractivity contribution is -0.354. The van der Waals surface area contributed by atoms with Crippen LogP contribution in [0.25, 0.3) is 0 Å². The van der Waals surface area contributed by atoms with Crippen molar-refractivity contribution >= 4 is 0 Å². The summed E-state index contributed by atoms with van der Waals surface area (Å²) in [5, 5.41) is 48.8. The Labute approximate surface area is 138 Å². The van der Waals surface area contributed by atoms with Crippen molar-refractivity contribution in [2.45, 2.75) is 61.5 Å². The van der Waals surface area contributed by atoms with Crippen LogP contribution in [0.2, 0.25) is 0 Å². The SMILES string of the molecule is OC[C@H]1O[C@@H](O[C@@H]2OCC[C@H]3C[C@@H]4O[C@]4(CO)[C@H]32)[C@H](O)[C@@H](O)[C@@H]1O. The number of ether oxygens (including phenoxy) is 4. The molecular formula is C15H24O9. The van der Waals surface area contributed by atoms with Crippen molar-refractivity contribution in [3.05, 3.63) is 0 Å². The second-order valence-electron chi connectivity index (χ2n) is 7.10. The van der Waals surface area contributed by atoms with Crippen LogP contribution in [0.1, 0.15) is 12.8 Å². The van der Waals surface area contributed by atoms with E-state index < -0.39 is 49.2 Å². The fraction of sp³-hybridized carbons (Fsp3) is 1.00. The van der Waals surface area contributed by atoms with Crippen LogP contribution in [0.15, 0.2) is 0 Å². The van der Waals surface area contributed by atoms with E-state index in [4.69, 9.17) is 18.9 Å². The molecule has 4 aliphatic rings. The average Bonchev–Trinajstić information content (AvgIpc) is 3.20. The normalized spacial score (nSPS) is 56.6. The van der Waals surface area contributed by atoms with Crippen LogP contribution in [-0.2, 0) is 18.9 Å². The van der Waals surface area contributed by atoms with E-state index >= 15 is 0 Å². The van der Waals surface area contributed by atoms with Gasteiger partial charge in [0.1, 0.15) is 30.0 Å². The molecule has 0 aromatic heterocycles. The van der Waals surface area contributed by atoms with Gasteiger partial charge >= 0.3 is 0 Å². The van der Waals surface area contributed by atoms with Crippen molar-refractivity contribution in [3.8, 4) is 0 Å². The summed E-state index contributed by atoms with van der Waals surface area (Å²) in [5.41, 5.74) is -0.663. The molecule has 0 amide bonds. The maximum atomic E-state index is 10.1. The molecule has 0 aromatic carbocycles. The highest BCUT2D eigenvalue weighted by Gasteiger charge is 2.71. The van der Waals surface area contributed by atoms with Gasteiger partial charge in [-0.05, 0) is 18.8 Å². The summed E-state index contributed by atoms with van der Waals surface area (Å²) in [4.78, 5) is 0. The fourth-order valence-electron chi connectivity index (χ4n) is 4.46. The lowest BCUT2D eigenvalue weighted by Crippen LogP contribution is -2.60. The summed E-state index contributed by atoms with van der Waals surface area (Å²) in [6.07, 6.45) is -5.77. The molecule has 0 spiro atoms. The number of hydrogen-bond donors (Lipinski definition) is 5. The van der Waals surface area contributed by atoms with E-state index in [1.807, 2.05) is 0 Å². The Morgan fingerprint density at radius 3 is 2.54 bits per heavy atom. The molecule has 138 valence electrons. The Morgan fingerprint density at radius 1 is 1.04 bits per heavy atom. The number of fused-ring (bicyclic) bond motifs is 3. The number of aliphatic hydroxyl groups excluding tert-OH is 5. The molecule has 5 N–H and O–H groups in total. The molecular weight excluding hydrogens is 324 g/mol. The first-order chi connectivity index (χ1) is 11.5. The van der Waals surface area contributed by atoms with Gasteiger partial charge in [-0.3, -0.25) is 0 Å². The minimum atomic E-state index is -1.50. The number of epoxide rings is 1. The number of rotatable bonds is 4. The molecule has 10 atom stereocenters. The lowest BCUT2D eigenvalue weighted by atomic mass is 9.84. The van der Waals surface area contributed by atoms with Crippen molar-refractivity contribution < 1.29 is 44.5 Å². The maximum absolute atomic E-state index is 10.1. The van der Waals surface area contributed by atoms with Crippen LogP contribution in [-0.4, -0.2) is 94.1 Å². The molecule has 0 aromatic rings. The third-order valence-corrected chi connectivity index (χ3v) is 5.87. The first-order valence-electron chi connectivity index (χ1n) is 8.38. The lowest BCUT2D eigenvalue weighted by Gasteiger charge is -2.44. The van der Waals surface area contributed by atoms with E-state index in [-0.39, 0.29) is 18.6 Å². The Balaban J connectivity index is 1.49. The third-order valence-electron chi connectivity index (χ3n) is 5.87. The molecule has 3 saturated heterocycles. The van der Waals surface area contributed by atoms with Crippen LogP contribution < -0.4 is 0 Å². The van der Waals surface area contributed by atoms with Crippen LogP contribution in [0.3, 0.4) is 0 Å². The first kappa shape index (κ1) is 17.1. The molecule has 1 saturated carbocycles. The smallest absolute Gasteiger partial charge is 0.189 e. The summed E-state index contributed by atoms with van der Waals surface area (Å²) < 4.78 is 22.5. The number of aliphatic hydroxyl groups is 5. The Kier molecular flexibility index (Phi) is 4.35. The molecule has 9 heteroatoms. The highest BCUT2D eigenvalue weighted by atomic mass is 16.8. The van der Waals surface area contributed by atoms with Gasteiger partial charge in [0.15, 0.2) is 12.6 Å². The zero-order valence-corrected chi connectivity index (χ0v) is 13.1. The van der Waals surface area contributed by atoms with Gasteiger partial charge in [0.25, 0.3) is 0 Å². The molecule has 4 rings (SSSR count). The van der Waals surface area contributed by atoms with Gasteiger partial charge in [-0.15, -0.1) is 0 Å². The molecule has 3 heterocycles. The van der Waals surface area contributed by atoms with Crippen LogP contribution in [0, 0.1) is 11.8 Å². The molecule has 3 aliphatic heterocycles. The minimum absolute atomic E-state index is 0.0000930. The van der Waals surface area contributed by atoms with Crippen molar-refractivity contribution in [3.63, 3.8) is 0 Å². The Hall–Kier alpha value is -0.360. The molecule has 1 aliphatic carbocycles. The minimum Gasteiger partial charge on any atom is -0.394 e. The summed E-state index contributed by atoms with van der Waals surface area (Å²) >= 11 is 0. The zero-order chi connectivity index (χ0) is 17.1. The van der Waals surface area contributed by atoms with Gasteiger partial charge in [0, 0.05) is 5.92 Å². The van der Waals surface area contributed by atoms with Crippen molar-refractivity contribution in [1.29, 1.82) is 0 Å². The fourth-order valence-corrected chi connectivity index (χ4v) is 4.46. The highest BCUT2D eigenvalue weighted by molar-refractivity contribution is 5.16. The third kappa shape index (κ3) is 2.43. The molecule has 9 nitrogen and oxygen atoms in total. The zero-order valence-electron chi connectivity index (χ0n) is 13.1. The average molecular weight is 348 g/mol. The monoisotopic (exact) mass is 348 g/mol. The second kappa shape index (κ2) is 6.11. The maximum Gasteiger partial charge on any atom is 0.189 e. The first-order valence-corrected chi connectivity index (χ1v) is 8.38. The Morgan fingerprint density at radius 2 is 1.83 bits per heavy atom. The van der Waals surface area contributed by atoms with E-state index in [2.05, 4.69) is 0 Å². The van der Waals surface area contributed by atoms with Gasteiger partial charge in [-0.1, -0.05) is 0 Å². The topological polar surface area (TPSA) is 141 Å². The van der Waals surface area contributed by atoms with Crippen LogP contribution >= 0.6 is 0 Å². The summed E-state index contributed by atoms with van der Waals surface area (Å²) in [6.45, 7) is -0.164. The van der Waals surface area contributed by atoms with Gasteiger partial charge in [0.05, 0.1) is 25.9 Å². The van der Waals surface area contributed by atoms with Gasteiger partial charge in [0.2, 0.25) is 0 Å². The predicted octanol–water partition coefficient (Wildman–Crippen LogP) is -2.68. The van der Waals surface area contributed by atoms with E-state index in [9.17, 15) is 25.5 Å². The van der Waals surface area contributed by atoms with E-state index in [0.717, 1.165) is 12.8 Å². The second-order valence-corrected chi connectivity index (χ2v) is 7.10. The van der Waals surface area contributed by atoms with Gasteiger partial charge in [-0.2, -0.15) is 0 Å². The van der Waals surface area contributed by atoms with Crippen molar-refractivity contribution in [2.75, 3.05) is 19.8 Å². The number of hydrogen-bond acceptors (Lipinski definition) is 9. The summed E-state index contributed by atoms with van der Waals surface area (Å²) in [7, 11) is 0. The van der Waals surface area contributed by atoms with Gasteiger partial charge in [-0.25, -0.2) is 0 Å². The molecule has 0 bridgehead atoms. The van der Waals surface area contributed by atoms with E-state index in [1.165, 1.54) is 0 Å². The standard InChI is InChI=1S/C15H24O9/c16-4-7-10(18)11(19)12(20)14(22-7)23-13-9-6(1-2-21-13)3-8-15(9,5-17)24-8/h6-14,16-20H,1-5H2/t6-,7+,8-,9+,10+,11-,12+,13-,14-,15-/m0/s1. The Bertz CT molecular complexity index is 470. The largest absolute Gasteiger partial charge is 0.394 e. The van der Waals surface area contributed by atoms with Crippen molar-refractivity contribution in [2.24, 2.45) is 11.8 Å². The van der Waals surface area contributed by atoms with Gasteiger partial charge < -0.3 is 44.5 Å².